The van der Waals surface area contributed by atoms with Gasteiger partial charge in [-0.3, -0.25) is 19.2 Å². The smallest absolute Gasteiger partial charge is 0.326 e. The van der Waals surface area contributed by atoms with Gasteiger partial charge in [-0.2, -0.15) is 0 Å². The van der Waals surface area contributed by atoms with Crippen LogP contribution in [0, 0.1) is 34.5 Å². The first-order valence-electron chi connectivity index (χ1n) is 15.0. The second kappa shape index (κ2) is 11.6. The van der Waals surface area contributed by atoms with E-state index in [-0.39, 0.29) is 60.6 Å². The van der Waals surface area contributed by atoms with Gasteiger partial charge >= 0.3 is 11.9 Å². The van der Waals surface area contributed by atoms with E-state index in [4.69, 9.17) is 4.74 Å². The first-order valence-corrected chi connectivity index (χ1v) is 15.0. The molecule has 4 N–H and O–H groups in total. The van der Waals surface area contributed by atoms with Gasteiger partial charge in [0.15, 0.2) is 12.4 Å². The number of fused-ring (bicyclic) bond motifs is 5. The number of ether oxygens (including phenoxy) is 1. The topological polar surface area (TPSA) is 167 Å². The van der Waals surface area contributed by atoms with Crippen LogP contribution in [0.2, 0.25) is 0 Å². The quantitative estimate of drug-likeness (QED) is 0.286. The van der Waals surface area contributed by atoms with Crippen LogP contribution in [0.4, 0.5) is 0 Å². The summed E-state index contributed by atoms with van der Waals surface area (Å²) in [5.74, 6) is -3.23. The highest BCUT2D eigenvalue weighted by molar-refractivity contribution is 5.92. The molecular weight excluding hydrogens is 530 g/mol. The minimum Gasteiger partial charge on any atom is -0.480 e. The van der Waals surface area contributed by atoms with Crippen LogP contribution in [0.15, 0.2) is 11.6 Å². The number of rotatable bonds is 10. The number of allylic oxidation sites excluding steroid dienone is 1. The van der Waals surface area contributed by atoms with Crippen molar-refractivity contribution >= 4 is 29.4 Å². The lowest BCUT2D eigenvalue weighted by Gasteiger charge is -2.60. The summed E-state index contributed by atoms with van der Waals surface area (Å²) in [6, 6.07) is -1.06. The average molecular weight is 576 g/mol. The Morgan fingerprint density at radius 2 is 1.83 bits per heavy atom. The highest BCUT2D eigenvalue weighted by Crippen LogP contribution is 2.67. The molecule has 0 heterocycles. The fraction of sp³-hybridized carbons (Fsp3) is 0.774. The number of carbonyl (C=O) groups excluding carboxylic acids is 4. The largest absolute Gasteiger partial charge is 0.480 e. The van der Waals surface area contributed by atoms with E-state index in [0.29, 0.717) is 25.7 Å². The van der Waals surface area contributed by atoms with Crippen LogP contribution in [-0.4, -0.2) is 69.1 Å². The molecule has 1 amide bonds. The number of nitrogens with one attached hydrogen (secondary N) is 1. The number of carboxylic acids is 1. The molecule has 0 aromatic rings. The maximum absolute atomic E-state index is 13.4. The van der Waals surface area contributed by atoms with Gasteiger partial charge in [-0.1, -0.05) is 39.7 Å². The number of carboxylic acid groups (broad SMARTS) is 1. The lowest BCUT2D eigenvalue weighted by atomic mass is 9.45. The van der Waals surface area contributed by atoms with Crippen LogP contribution >= 0.6 is 0 Å². The van der Waals surface area contributed by atoms with Crippen molar-refractivity contribution in [2.24, 2.45) is 34.5 Å². The number of Topliss-reactive ketones (excluding diaryl/α,β-unsaturated/α-hetero) is 1. The molecule has 9 atom stereocenters. The lowest BCUT2D eigenvalue weighted by molar-refractivity contribution is -0.184. The molecule has 4 rings (SSSR count). The summed E-state index contributed by atoms with van der Waals surface area (Å²) in [6.45, 7) is 6.90. The Kier molecular flexibility index (Phi) is 8.86. The van der Waals surface area contributed by atoms with Crippen LogP contribution in [0.5, 0.6) is 0 Å². The maximum Gasteiger partial charge on any atom is 0.326 e. The van der Waals surface area contributed by atoms with Gasteiger partial charge in [-0.25, -0.2) is 4.79 Å². The van der Waals surface area contributed by atoms with Crippen LogP contribution < -0.4 is 5.32 Å². The fourth-order valence-electron chi connectivity index (χ4n) is 8.63. The van der Waals surface area contributed by atoms with Gasteiger partial charge in [0, 0.05) is 18.3 Å². The number of amides is 1. The molecule has 10 nitrogen and oxygen atoms in total. The van der Waals surface area contributed by atoms with E-state index in [2.05, 4.69) is 12.2 Å². The van der Waals surface area contributed by atoms with Crippen LogP contribution in [0.3, 0.4) is 0 Å². The summed E-state index contributed by atoms with van der Waals surface area (Å²) in [5.41, 5.74) is -1.81. The summed E-state index contributed by atoms with van der Waals surface area (Å²) in [7, 11) is 0. The molecule has 0 aromatic heterocycles. The fourth-order valence-corrected chi connectivity index (χ4v) is 8.63. The number of hydrogen-bond donors (Lipinski definition) is 4. The zero-order valence-corrected chi connectivity index (χ0v) is 24.6. The van der Waals surface area contributed by atoms with Crippen LogP contribution in [0.25, 0.3) is 0 Å². The van der Waals surface area contributed by atoms with E-state index >= 15 is 0 Å². The van der Waals surface area contributed by atoms with Gasteiger partial charge in [0.25, 0.3) is 0 Å². The summed E-state index contributed by atoms with van der Waals surface area (Å²) in [4.78, 5) is 61.5. The number of aliphatic hydroxyl groups excluding tert-OH is 1. The maximum atomic E-state index is 13.4. The molecular formula is C31H45NO9. The summed E-state index contributed by atoms with van der Waals surface area (Å²) < 4.78 is 5.16. The number of carbonyl (C=O) groups is 5. The molecule has 41 heavy (non-hydrogen) atoms. The SMILES string of the molecule is CCC(C)C(NC(=O)CCC(=O)OCC(=O)C1(O)CCC2C3CCC4=CC(=O)CCC4(C)C3C(O)CC21C)C(=O)O. The third kappa shape index (κ3) is 5.49. The summed E-state index contributed by atoms with van der Waals surface area (Å²) >= 11 is 0. The molecule has 0 aromatic carbocycles. The van der Waals surface area contributed by atoms with Gasteiger partial charge in [-0.15, -0.1) is 0 Å². The minimum atomic E-state index is -1.76. The average Bonchev–Trinajstić information content (AvgIpc) is 3.19. The summed E-state index contributed by atoms with van der Waals surface area (Å²) in [6.07, 6.45) is 4.77. The van der Waals surface area contributed by atoms with E-state index in [9.17, 15) is 39.3 Å². The standard InChI is InChI=1S/C31H45NO9/c1-5-17(2)27(28(38)39)32-24(36)8-9-25(37)41-16-23(35)31(40)13-11-21-20-7-6-18-14-19(33)10-12-29(18,3)26(20)22(34)15-30(21,31)4/h14,17,20-22,26-27,34,40H,5-13,15-16H2,1-4H3,(H,32,36)(H,38,39). The van der Waals surface area contributed by atoms with Crippen molar-refractivity contribution in [3.63, 3.8) is 0 Å². The van der Waals surface area contributed by atoms with E-state index in [1.165, 1.54) is 0 Å². The molecule has 0 aliphatic heterocycles. The molecule has 4 aliphatic carbocycles. The third-order valence-corrected chi connectivity index (χ3v) is 11.2. The first kappa shape index (κ1) is 31.3. The minimum absolute atomic E-state index is 0.00736. The molecule has 3 saturated carbocycles. The van der Waals surface area contributed by atoms with Gasteiger partial charge in [0.2, 0.25) is 11.7 Å². The first-order chi connectivity index (χ1) is 19.2. The highest BCUT2D eigenvalue weighted by Gasteiger charge is 2.68. The summed E-state index contributed by atoms with van der Waals surface area (Å²) in [5, 5.41) is 35.0. The van der Waals surface area contributed by atoms with Crippen molar-refractivity contribution in [1.82, 2.24) is 5.32 Å². The normalized spacial score (nSPS) is 37.5. The van der Waals surface area contributed by atoms with Gasteiger partial charge < -0.3 is 25.4 Å². The number of aliphatic hydroxyl groups is 2. The second-order valence-corrected chi connectivity index (χ2v) is 13.3. The van der Waals surface area contributed by atoms with Crippen molar-refractivity contribution in [3.8, 4) is 0 Å². The van der Waals surface area contributed by atoms with Crippen LogP contribution in [-0.2, 0) is 28.7 Å². The monoisotopic (exact) mass is 575 g/mol. The van der Waals surface area contributed by atoms with E-state index in [1.807, 2.05) is 13.8 Å². The molecule has 4 aliphatic rings. The van der Waals surface area contributed by atoms with Crippen molar-refractivity contribution in [2.45, 2.75) is 110 Å². The third-order valence-electron chi connectivity index (χ3n) is 11.2. The Bertz CT molecular complexity index is 1130. The van der Waals surface area contributed by atoms with E-state index in [1.54, 1.807) is 13.0 Å². The van der Waals surface area contributed by atoms with Crippen molar-refractivity contribution < 1.29 is 44.0 Å². The van der Waals surface area contributed by atoms with Crippen molar-refractivity contribution in [3.05, 3.63) is 11.6 Å². The predicted molar refractivity (Wildman–Crippen MR) is 147 cm³/mol. The number of esters is 1. The second-order valence-electron chi connectivity index (χ2n) is 13.3. The number of aliphatic carboxylic acids is 1. The molecule has 10 heteroatoms. The highest BCUT2D eigenvalue weighted by atomic mass is 16.5. The molecule has 3 fully saturated rings. The van der Waals surface area contributed by atoms with Crippen molar-refractivity contribution in [2.75, 3.05) is 6.61 Å². The zero-order valence-electron chi connectivity index (χ0n) is 24.6. The molecule has 0 bridgehead atoms. The Morgan fingerprint density at radius 3 is 2.49 bits per heavy atom. The van der Waals surface area contributed by atoms with Gasteiger partial charge in [0.05, 0.1) is 12.5 Å². The Labute approximate surface area is 241 Å². The molecule has 228 valence electrons. The Balaban J connectivity index is 1.37. The number of hydrogen-bond acceptors (Lipinski definition) is 8. The zero-order chi connectivity index (χ0) is 30.3. The lowest BCUT2D eigenvalue weighted by Crippen LogP contribution is -2.62. The van der Waals surface area contributed by atoms with E-state index < -0.39 is 53.4 Å². The number of ketones is 2. The Morgan fingerprint density at radius 1 is 1.12 bits per heavy atom. The predicted octanol–water partition coefficient (Wildman–Crippen LogP) is 2.73. The molecule has 9 unspecified atom stereocenters. The molecule has 0 saturated heterocycles. The van der Waals surface area contributed by atoms with Crippen LogP contribution in [0.1, 0.15) is 91.9 Å². The molecule has 0 radical (unpaired) electrons. The van der Waals surface area contributed by atoms with E-state index in [0.717, 1.165) is 18.4 Å². The molecule has 0 spiro atoms. The van der Waals surface area contributed by atoms with Gasteiger partial charge in [-0.05, 0) is 73.7 Å². The van der Waals surface area contributed by atoms with Gasteiger partial charge in [0.1, 0.15) is 11.6 Å². The Hall–Kier alpha value is -2.59. The van der Waals surface area contributed by atoms with Crippen molar-refractivity contribution in [1.29, 1.82) is 0 Å².